The van der Waals surface area contributed by atoms with E-state index < -0.39 is 19.8 Å². The lowest BCUT2D eigenvalue weighted by Gasteiger charge is -2.23. The molecule has 0 saturated carbocycles. The lowest BCUT2D eigenvalue weighted by molar-refractivity contribution is 0.0970. The van der Waals surface area contributed by atoms with E-state index in [1.807, 2.05) is 0 Å². The molecule has 0 fully saturated rings. The number of benzene rings is 1. The fourth-order valence-corrected chi connectivity index (χ4v) is 3.44. The van der Waals surface area contributed by atoms with Crippen molar-refractivity contribution in [2.75, 3.05) is 12.9 Å². The molecule has 0 radical (unpaired) electrons. The van der Waals surface area contributed by atoms with E-state index in [1.54, 1.807) is 19.1 Å². The van der Waals surface area contributed by atoms with Gasteiger partial charge in [0.25, 0.3) is 0 Å². The van der Waals surface area contributed by atoms with E-state index in [9.17, 15) is 13.2 Å². The molecule has 0 bridgehead atoms. The first-order valence-electron chi connectivity index (χ1n) is 5.92. The standard InChI is InChI=1S/C13H17ClO4S/c1-4-13(14,19(16,17)5-2)12(15)10-6-8-11(18-3)9-7-10/h6-9H,4-5H2,1-3H3/t13-/m1/s1. The maximum absolute atomic E-state index is 12.4. The zero-order valence-electron chi connectivity index (χ0n) is 11.1. The number of carbonyl (C=O) groups excluding carboxylic acids is 1. The van der Waals surface area contributed by atoms with Gasteiger partial charge >= 0.3 is 0 Å². The summed E-state index contributed by atoms with van der Waals surface area (Å²) in [5.74, 6) is -0.181. The zero-order chi connectivity index (χ0) is 14.7. The Hall–Kier alpha value is -1.07. The van der Waals surface area contributed by atoms with Crippen molar-refractivity contribution in [2.24, 2.45) is 0 Å². The Bertz CT molecular complexity index is 551. The molecule has 4 nitrogen and oxygen atoms in total. The molecule has 6 heteroatoms. The van der Waals surface area contributed by atoms with Crippen molar-refractivity contribution in [3.05, 3.63) is 29.8 Å². The van der Waals surface area contributed by atoms with Crippen molar-refractivity contribution in [2.45, 2.75) is 24.5 Å². The highest BCUT2D eigenvalue weighted by molar-refractivity contribution is 7.95. The lowest BCUT2D eigenvalue weighted by atomic mass is 10.1. The normalized spacial score (nSPS) is 14.7. The number of methoxy groups -OCH3 is 1. The number of alkyl halides is 1. The summed E-state index contributed by atoms with van der Waals surface area (Å²) in [6.45, 7) is 3.06. The van der Waals surface area contributed by atoms with Crippen molar-refractivity contribution in [1.29, 1.82) is 0 Å². The van der Waals surface area contributed by atoms with Crippen molar-refractivity contribution in [3.8, 4) is 5.75 Å². The summed E-state index contributed by atoms with van der Waals surface area (Å²) in [7, 11) is -2.18. The number of ether oxygens (including phenoxy) is 1. The topological polar surface area (TPSA) is 60.4 Å². The number of halogens is 1. The summed E-state index contributed by atoms with van der Waals surface area (Å²) in [5, 5.41) is 0. The molecule has 0 N–H and O–H groups in total. The first-order valence-corrected chi connectivity index (χ1v) is 7.95. The monoisotopic (exact) mass is 304 g/mol. The summed E-state index contributed by atoms with van der Waals surface area (Å²) in [5.41, 5.74) is 0.259. The average Bonchev–Trinajstić information content (AvgIpc) is 2.45. The number of sulfone groups is 1. The van der Waals surface area contributed by atoms with Gasteiger partial charge in [0.2, 0.25) is 4.21 Å². The second-order valence-electron chi connectivity index (χ2n) is 4.04. The number of Topliss-reactive ketones (excluding diaryl/α,β-unsaturated/α-hetero) is 1. The summed E-state index contributed by atoms with van der Waals surface area (Å²) in [6.07, 6.45) is 0.0234. The van der Waals surface area contributed by atoms with Crippen LogP contribution in [0.3, 0.4) is 0 Å². The molecular weight excluding hydrogens is 288 g/mol. The van der Waals surface area contributed by atoms with Gasteiger partial charge in [-0.15, -0.1) is 0 Å². The molecular formula is C13H17ClO4S. The Labute approximate surface area is 118 Å². The third-order valence-corrected chi connectivity index (χ3v) is 6.38. The Balaban J connectivity index is 3.22. The van der Waals surface area contributed by atoms with Crippen LogP contribution in [0.5, 0.6) is 5.75 Å². The number of ketones is 1. The minimum atomic E-state index is -3.69. The molecule has 0 unspecified atom stereocenters. The fraction of sp³-hybridized carbons (Fsp3) is 0.462. The van der Waals surface area contributed by atoms with E-state index in [4.69, 9.17) is 16.3 Å². The van der Waals surface area contributed by atoms with Crippen LogP contribution in [0, 0.1) is 0 Å². The zero-order valence-corrected chi connectivity index (χ0v) is 12.7. The SMILES string of the molecule is CC[C@](Cl)(C(=O)c1ccc(OC)cc1)S(=O)(=O)CC. The highest BCUT2D eigenvalue weighted by atomic mass is 35.5. The molecule has 1 rings (SSSR count). The first-order chi connectivity index (χ1) is 8.82. The smallest absolute Gasteiger partial charge is 0.207 e. The Morgan fingerprint density at radius 3 is 2.16 bits per heavy atom. The lowest BCUT2D eigenvalue weighted by Crippen LogP contribution is -2.41. The molecule has 0 aliphatic rings. The van der Waals surface area contributed by atoms with E-state index in [0.717, 1.165) is 0 Å². The van der Waals surface area contributed by atoms with Gasteiger partial charge in [-0.25, -0.2) is 8.42 Å². The summed E-state index contributed by atoms with van der Waals surface area (Å²) in [4.78, 5) is 12.4. The third kappa shape index (κ3) is 2.92. The largest absolute Gasteiger partial charge is 0.497 e. The van der Waals surface area contributed by atoms with Crippen molar-refractivity contribution >= 4 is 27.2 Å². The predicted octanol–water partition coefficient (Wildman–Crippen LogP) is 2.66. The Morgan fingerprint density at radius 2 is 1.79 bits per heavy atom. The van der Waals surface area contributed by atoms with Crippen LogP contribution in [0.1, 0.15) is 30.6 Å². The molecule has 1 atom stereocenters. The van der Waals surface area contributed by atoms with Gasteiger partial charge in [0.05, 0.1) is 7.11 Å². The number of rotatable bonds is 6. The van der Waals surface area contributed by atoms with Gasteiger partial charge in [-0.3, -0.25) is 4.79 Å². The Kier molecular flexibility index (Phi) is 4.98. The van der Waals surface area contributed by atoms with E-state index >= 15 is 0 Å². The summed E-state index contributed by atoms with van der Waals surface area (Å²) in [6, 6.07) is 6.22. The van der Waals surface area contributed by atoms with E-state index in [1.165, 1.54) is 26.2 Å². The van der Waals surface area contributed by atoms with Gasteiger partial charge in [0, 0.05) is 11.3 Å². The van der Waals surface area contributed by atoms with Crippen molar-refractivity contribution in [3.63, 3.8) is 0 Å². The first kappa shape index (κ1) is 16.0. The molecule has 106 valence electrons. The highest BCUT2D eigenvalue weighted by Gasteiger charge is 2.46. The van der Waals surface area contributed by atoms with Crippen molar-refractivity contribution in [1.82, 2.24) is 0 Å². The minimum absolute atomic E-state index is 0.0234. The van der Waals surface area contributed by atoms with Crippen LogP contribution < -0.4 is 4.74 Å². The van der Waals surface area contributed by atoms with Gasteiger partial charge in [-0.1, -0.05) is 25.4 Å². The van der Waals surface area contributed by atoms with Gasteiger partial charge in [-0.2, -0.15) is 0 Å². The predicted molar refractivity (Wildman–Crippen MR) is 75.7 cm³/mol. The Morgan fingerprint density at radius 1 is 1.26 bits per heavy atom. The molecule has 0 spiro atoms. The summed E-state index contributed by atoms with van der Waals surface area (Å²) < 4.78 is 27.1. The average molecular weight is 305 g/mol. The summed E-state index contributed by atoms with van der Waals surface area (Å²) >= 11 is 6.11. The molecule has 0 aromatic heterocycles. The molecule has 19 heavy (non-hydrogen) atoms. The molecule has 0 heterocycles. The van der Waals surface area contributed by atoms with Crippen LogP contribution in [0.25, 0.3) is 0 Å². The molecule has 1 aromatic carbocycles. The van der Waals surface area contributed by atoms with E-state index in [2.05, 4.69) is 0 Å². The van der Waals surface area contributed by atoms with Crippen molar-refractivity contribution < 1.29 is 17.9 Å². The van der Waals surface area contributed by atoms with Crippen LogP contribution in [-0.4, -0.2) is 31.3 Å². The maximum Gasteiger partial charge on any atom is 0.207 e. The van der Waals surface area contributed by atoms with Gasteiger partial charge in [-0.05, 0) is 30.7 Å². The van der Waals surface area contributed by atoms with Crippen LogP contribution in [0.4, 0.5) is 0 Å². The highest BCUT2D eigenvalue weighted by Crippen LogP contribution is 2.32. The van der Waals surface area contributed by atoms with Gasteiger partial charge in [0.15, 0.2) is 15.6 Å². The van der Waals surface area contributed by atoms with Crippen LogP contribution in [-0.2, 0) is 9.84 Å². The van der Waals surface area contributed by atoms with E-state index in [-0.39, 0.29) is 17.7 Å². The van der Waals surface area contributed by atoms with Crippen LogP contribution in [0.2, 0.25) is 0 Å². The second-order valence-corrected chi connectivity index (χ2v) is 7.42. The third-order valence-electron chi connectivity index (χ3n) is 3.02. The molecule has 0 saturated heterocycles. The van der Waals surface area contributed by atoms with E-state index in [0.29, 0.717) is 5.75 Å². The number of hydrogen-bond donors (Lipinski definition) is 0. The molecule has 0 amide bonds. The minimum Gasteiger partial charge on any atom is -0.497 e. The van der Waals surface area contributed by atoms with Crippen LogP contribution >= 0.6 is 11.6 Å². The van der Waals surface area contributed by atoms with Gasteiger partial charge < -0.3 is 4.74 Å². The fourth-order valence-electron chi connectivity index (χ4n) is 1.71. The second kappa shape index (κ2) is 5.92. The quantitative estimate of drug-likeness (QED) is 0.599. The molecule has 0 aliphatic carbocycles. The maximum atomic E-state index is 12.4. The number of carbonyl (C=O) groups is 1. The molecule has 1 aromatic rings. The van der Waals surface area contributed by atoms with Gasteiger partial charge in [0.1, 0.15) is 5.75 Å². The van der Waals surface area contributed by atoms with Crippen LogP contribution in [0.15, 0.2) is 24.3 Å². The number of hydrogen-bond acceptors (Lipinski definition) is 4. The molecule has 0 aliphatic heterocycles.